The third-order valence-corrected chi connectivity index (χ3v) is 5.26. The minimum atomic E-state index is -0.448. The quantitative estimate of drug-likeness (QED) is 0.427. The lowest BCUT2D eigenvalue weighted by molar-refractivity contribution is 0.0465. The van der Waals surface area contributed by atoms with Gasteiger partial charge in [-0.2, -0.15) is 5.10 Å². The molecular weight excluding hydrogens is 388 g/mol. The minimum absolute atomic E-state index is 0.0336. The molecule has 0 aliphatic rings. The van der Waals surface area contributed by atoms with Crippen LogP contribution in [0.2, 0.25) is 0 Å². The molecule has 0 radical (unpaired) electrons. The van der Waals surface area contributed by atoms with E-state index in [1.165, 1.54) is 6.20 Å². The third kappa shape index (κ3) is 3.84. The molecule has 0 saturated heterocycles. The fourth-order valence-corrected chi connectivity index (χ4v) is 3.66. The number of ether oxygens (including phenoxy) is 1. The van der Waals surface area contributed by atoms with Gasteiger partial charge in [-0.25, -0.2) is 19.4 Å². The van der Waals surface area contributed by atoms with Crippen LogP contribution in [0.4, 0.5) is 0 Å². The Morgan fingerprint density at radius 3 is 2.83 bits per heavy atom. The van der Waals surface area contributed by atoms with E-state index in [1.54, 1.807) is 22.2 Å². The molecule has 0 saturated carbocycles. The van der Waals surface area contributed by atoms with Crippen LogP contribution in [0.15, 0.2) is 52.5 Å². The van der Waals surface area contributed by atoms with E-state index in [0.29, 0.717) is 28.7 Å². The molecule has 0 amide bonds. The lowest BCUT2D eigenvalue weighted by Gasteiger charge is -2.11. The first-order valence-electron chi connectivity index (χ1n) is 9.21. The Hall–Kier alpha value is -3.26. The van der Waals surface area contributed by atoms with Crippen LogP contribution in [0.25, 0.3) is 16.6 Å². The molecule has 29 heavy (non-hydrogen) atoms. The predicted octanol–water partition coefficient (Wildman–Crippen LogP) is 4.77. The maximum absolute atomic E-state index is 12.8. The molecule has 4 aromatic rings. The molecule has 8 heteroatoms. The second-order valence-corrected chi connectivity index (χ2v) is 7.72. The monoisotopic (exact) mass is 408 g/mol. The summed E-state index contributed by atoms with van der Waals surface area (Å²) < 4.78 is 12.9. The maximum atomic E-state index is 12.8. The van der Waals surface area contributed by atoms with E-state index in [2.05, 4.69) is 15.1 Å². The number of carbonyl (C=O) groups excluding carboxylic acids is 1. The highest BCUT2D eigenvalue weighted by molar-refractivity contribution is 7.13. The number of oxazole rings is 1. The normalized spacial score (nSPS) is 11.2. The van der Waals surface area contributed by atoms with Crippen LogP contribution in [0.5, 0.6) is 0 Å². The Morgan fingerprint density at radius 1 is 1.28 bits per heavy atom. The molecule has 148 valence electrons. The molecule has 0 spiro atoms. The van der Waals surface area contributed by atoms with Gasteiger partial charge in [0.1, 0.15) is 23.6 Å². The molecule has 0 aliphatic heterocycles. The van der Waals surface area contributed by atoms with Crippen molar-refractivity contribution >= 4 is 17.3 Å². The van der Waals surface area contributed by atoms with Crippen molar-refractivity contribution in [2.75, 3.05) is 0 Å². The van der Waals surface area contributed by atoms with Crippen molar-refractivity contribution < 1.29 is 13.9 Å². The van der Waals surface area contributed by atoms with Crippen molar-refractivity contribution in [3.8, 4) is 16.6 Å². The van der Waals surface area contributed by atoms with Crippen LogP contribution in [0.3, 0.4) is 0 Å². The topological polar surface area (TPSA) is 83.0 Å². The van der Waals surface area contributed by atoms with Crippen LogP contribution in [-0.2, 0) is 11.3 Å². The summed E-state index contributed by atoms with van der Waals surface area (Å²) >= 11 is 1.54. The zero-order valence-corrected chi connectivity index (χ0v) is 17.1. The molecule has 0 fully saturated rings. The Kier molecular flexibility index (Phi) is 5.26. The molecular formula is C21H20N4O3S. The highest BCUT2D eigenvalue weighted by atomic mass is 32.1. The summed E-state index contributed by atoms with van der Waals surface area (Å²) in [4.78, 5) is 22.5. The first-order valence-corrected chi connectivity index (χ1v) is 10.1. The molecule has 0 aromatic carbocycles. The maximum Gasteiger partial charge on any atom is 0.342 e. The molecule has 0 aliphatic carbocycles. The second kappa shape index (κ2) is 8.00. The van der Waals surface area contributed by atoms with E-state index < -0.39 is 5.97 Å². The lowest BCUT2D eigenvalue weighted by Crippen LogP contribution is -2.12. The predicted molar refractivity (Wildman–Crippen MR) is 109 cm³/mol. The molecule has 7 nitrogen and oxygen atoms in total. The van der Waals surface area contributed by atoms with E-state index in [4.69, 9.17) is 9.15 Å². The van der Waals surface area contributed by atoms with Crippen molar-refractivity contribution in [3.63, 3.8) is 0 Å². The minimum Gasteiger partial charge on any atom is -0.455 e. The lowest BCUT2D eigenvalue weighted by atomic mass is 10.1. The van der Waals surface area contributed by atoms with E-state index >= 15 is 0 Å². The van der Waals surface area contributed by atoms with Crippen LogP contribution in [0.1, 0.15) is 47.3 Å². The molecule has 4 rings (SSSR count). The third-order valence-electron chi connectivity index (χ3n) is 4.40. The van der Waals surface area contributed by atoms with E-state index in [1.807, 2.05) is 56.5 Å². The van der Waals surface area contributed by atoms with Gasteiger partial charge >= 0.3 is 5.97 Å². The number of aryl methyl sites for hydroxylation is 1. The van der Waals surface area contributed by atoms with Gasteiger partial charge in [-0.1, -0.05) is 26.0 Å². The molecule has 4 heterocycles. The summed E-state index contributed by atoms with van der Waals surface area (Å²) in [6.45, 7) is 5.85. The van der Waals surface area contributed by atoms with Gasteiger partial charge in [0.25, 0.3) is 0 Å². The average molecular weight is 408 g/mol. The standard InChI is InChI=1S/C21H20N4O3S/c1-13(2)19-15(11-23-25(19)18-8-4-5-9-22-18)21(26)27-12-16-14(3)28-20(24-16)17-7-6-10-29-17/h4-11,13H,12H2,1-3H3. The zero-order valence-electron chi connectivity index (χ0n) is 16.3. The van der Waals surface area contributed by atoms with Crippen LogP contribution in [-0.4, -0.2) is 25.7 Å². The molecule has 0 bridgehead atoms. The SMILES string of the molecule is Cc1oc(-c2cccs2)nc1COC(=O)c1cnn(-c2ccccn2)c1C(C)C. The summed E-state index contributed by atoms with van der Waals surface area (Å²) in [5.41, 5.74) is 1.78. The Balaban J connectivity index is 1.54. The number of thiophene rings is 1. The fraction of sp³-hybridized carbons (Fsp3) is 0.238. The summed E-state index contributed by atoms with van der Waals surface area (Å²) in [6, 6.07) is 9.43. The fourth-order valence-electron chi connectivity index (χ4n) is 3.01. The van der Waals surface area contributed by atoms with Gasteiger partial charge in [0, 0.05) is 6.20 Å². The van der Waals surface area contributed by atoms with Gasteiger partial charge in [0.05, 0.1) is 16.8 Å². The van der Waals surface area contributed by atoms with Gasteiger partial charge in [0.15, 0.2) is 5.82 Å². The largest absolute Gasteiger partial charge is 0.455 e. The van der Waals surface area contributed by atoms with E-state index in [9.17, 15) is 4.79 Å². The molecule has 0 unspecified atom stereocenters. The van der Waals surface area contributed by atoms with Crippen molar-refractivity contribution in [3.05, 3.63) is 70.8 Å². The number of esters is 1. The average Bonchev–Trinajstić information content (AvgIpc) is 3.46. The van der Waals surface area contributed by atoms with Gasteiger partial charge in [-0.3, -0.25) is 0 Å². The summed E-state index contributed by atoms with van der Waals surface area (Å²) in [7, 11) is 0. The number of pyridine rings is 1. The first kappa shape index (κ1) is 19.1. The Morgan fingerprint density at radius 2 is 2.14 bits per heavy atom. The van der Waals surface area contributed by atoms with Gasteiger partial charge < -0.3 is 9.15 Å². The smallest absolute Gasteiger partial charge is 0.342 e. The van der Waals surface area contributed by atoms with Gasteiger partial charge in [0.2, 0.25) is 5.89 Å². The zero-order chi connectivity index (χ0) is 20.4. The van der Waals surface area contributed by atoms with Gasteiger partial charge in [-0.05, 0) is 36.4 Å². The number of hydrogen-bond donors (Lipinski definition) is 0. The van der Waals surface area contributed by atoms with Crippen LogP contribution >= 0.6 is 11.3 Å². The molecule has 4 aromatic heterocycles. The summed E-state index contributed by atoms with van der Waals surface area (Å²) in [6.07, 6.45) is 3.22. The Bertz CT molecular complexity index is 1110. The highest BCUT2D eigenvalue weighted by Gasteiger charge is 2.23. The number of rotatable bonds is 6. The van der Waals surface area contributed by atoms with Crippen molar-refractivity contribution in [1.82, 2.24) is 19.7 Å². The molecule has 0 N–H and O–H groups in total. The number of carbonyl (C=O) groups is 1. The summed E-state index contributed by atoms with van der Waals surface area (Å²) in [5, 5.41) is 6.32. The number of aromatic nitrogens is 4. The van der Waals surface area contributed by atoms with Gasteiger partial charge in [-0.15, -0.1) is 11.3 Å². The molecule has 0 atom stereocenters. The highest BCUT2D eigenvalue weighted by Crippen LogP contribution is 2.27. The first-order chi connectivity index (χ1) is 14.0. The second-order valence-electron chi connectivity index (χ2n) is 6.77. The number of hydrogen-bond acceptors (Lipinski definition) is 7. The van der Waals surface area contributed by atoms with Crippen LogP contribution in [0, 0.1) is 6.92 Å². The van der Waals surface area contributed by atoms with Crippen molar-refractivity contribution in [1.29, 1.82) is 0 Å². The van der Waals surface area contributed by atoms with Crippen molar-refractivity contribution in [2.24, 2.45) is 0 Å². The Labute approximate surface area is 172 Å². The number of nitrogens with zero attached hydrogens (tertiary/aromatic N) is 4. The summed E-state index contributed by atoms with van der Waals surface area (Å²) in [5.74, 6) is 1.43. The van der Waals surface area contributed by atoms with E-state index in [0.717, 1.165) is 10.6 Å². The van der Waals surface area contributed by atoms with E-state index in [-0.39, 0.29) is 12.5 Å². The van der Waals surface area contributed by atoms with Crippen molar-refractivity contribution in [2.45, 2.75) is 33.3 Å². The van der Waals surface area contributed by atoms with Crippen LogP contribution < -0.4 is 0 Å².